The Hall–Kier alpha value is -6.33. The van der Waals surface area contributed by atoms with Gasteiger partial charge in [0.25, 0.3) is 27.7 Å². The summed E-state index contributed by atoms with van der Waals surface area (Å²) in [5.74, 6) is 0.393. The van der Waals surface area contributed by atoms with Gasteiger partial charge in [0.05, 0.1) is 43.9 Å². The van der Waals surface area contributed by atoms with Crippen LogP contribution in [0.4, 0.5) is 26.5 Å². The topological polar surface area (TPSA) is 217 Å². The molecule has 0 radical (unpaired) electrons. The van der Waals surface area contributed by atoms with Crippen LogP contribution in [0, 0.1) is 18.2 Å². The van der Waals surface area contributed by atoms with Gasteiger partial charge >= 0.3 is 6.03 Å². The smallest absolute Gasteiger partial charge is 0.335 e. The standard InChI is InChI=1S/C19H15FN2O4.C16H18ClN7O5S/c1-2-7-21-15-9-14(13(20)8-16(15)26-10-17(21)23)22-18(24)11-5-3-4-6-12(11)19(22)25;1-4-5-9-6-7-10-18-13(17)14(24(10)22-9)30(26,27)23-16(25)21-15-19-11(28-2)8-12(20-15)29-3/h1,8-9H,3-7,10H2;6-8H,4-5H2,1-3H3,(H2,19,20,21,23,25). The van der Waals surface area contributed by atoms with Gasteiger partial charge in [-0.15, -0.1) is 6.42 Å². The highest BCUT2D eigenvalue weighted by atomic mass is 35.5. The van der Waals surface area contributed by atoms with Gasteiger partial charge in [0.1, 0.15) is 5.75 Å². The maximum absolute atomic E-state index is 14.7. The fourth-order valence-electron chi connectivity index (χ4n) is 6.11. The van der Waals surface area contributed by atoms with E-state index in [1.165, 1.54) is 31.3 Å². The highest BCUT2D eigenvalue weighted by Gasteiger charge is 2.42. The van der Waals surface area contributed by atoms with Crippen molar-refractivity contribution in [1.29, 1.82) is 0 Å². The van der Waals surface area contributed by atoms with E-state index >= 15 is 0 Å². The number of amides is 5. The summed E-state index contributed by atoms with van der Waals surface area (Å²) in [4.78, 5) is 63.6. The number of imide groups is 1. The van der Waals surface area contributed by atoms with Crippen molar-refractivity contribution in [2.45, 2.75) is 50.5 Å². The lowest BCUT2D eigenvalue weighted by molar-refractivity contribution is -0.121. The maximum atomic E-state index is 14.7. The number of hydrogen-bond donors (Lipinski definition) is 2. The van der Waals surface area contributed by atoms with E-state index in [0.29, 0.717) is 36.1 Å². The molecule has 3 aliphatic rings. The number of halogens is 2. The van der Waals surface area contributed by atoms with Gasteiger partial charge in [-0.25, -0.2) is 23.8 Å². The molecule has 5 amide bonds. The number of methoxy groups -OCH3 is 2. The molecule has 56 heavy (non-hydrogen) atoms. The third-order valence-electron chi connectivity index (χ3n) is 8.61. The van der Waals surface area contributed by atoms with Crippen molar-refractivity contribution in [3.05, 3.63) is 58.1 Å². The molecule has 2 aliphatic heterocycles. The molecule has 18 nitrogen and oxygen atoms in total. The Morgan fingerprint density at radius 3 is 2.29 bits per heavy atom. The minimum absolute atomic E-state index is 0.0170. The van der Waals surface area contributed by atoms with E-state index in [-0.39, 0.29) is 64.7 Å². The molecule has 2 N–H and O–H groups in total. The summed E-state index contributed by atoms with van der Waals surface area (Å²) in [6.07, 6.45) is 9.46. The third kappa shape index (κ3) is 7.76. The van der Waals surface area contributed by atoms with Gasteiger partial charge in [-0.05, 0) is 50.3 Å². The van der Waals surface area contributed by atoms with Crippen molar-refractivity contribution in [3.8, 4) is 29.9 Å². The first kappa shape index (κ1) is 39.4. The Morgan fingerprint density at radius 1 is 1.02 bits per heavy atom. The molecule has 4 aromatic rings. The van der Waals surface area contributed by atoms with E-state index in [2.05, 4.69) is 31.3 Å². The zero-order valence-electron chi connectivity index (χ0n) is 30.1. The van der Waals surface area contributed by atoms with Crippen LogP contribution in [0.1, 0.15) is 44.7 Å². The number of urea groups is 1. The number of benzene rings is 1. The van der Waals surface area contributed by atoms with Crippen LogP contribution in [0.15, 0.2) is 46.5 Å². The Morgan fingerprint density at radius 2 is 1.68 bits per heavy atom. The Kier molecular flexibility index (Phi) is 11.4. The van der Waals surface area contributed by atoms with Crippen LogP contribution in [0.3, 0.4) is 0 Å². The lowest BCUT2D eigenvalue weighted by atomic mass is 9.93. The van der Waals surface area contributed by atoms with Crippen LogP contribution < -0.4 is 34.0 Å². The van der Waals surface area contributed by atoms with E-state index in [0.717, 1.165) is 34.7 Å². The molecule has 5 heterocycles. The lowest BCUT2D eigenvalue weighted by Gasteiger charge is -2.29. The van der Waals surface area contributed by atoms with E-state index in [1.54, 1.807) is 12.1 Å². The van der Waals surface area contributed by atoms with E-state index in [1.807, 2.05) is 11.6 Å². The fraction of sp³-hybridized carbons (Fsp3) is 0.314. The second-order valence-electron chi connectivity index (χ2n) is 12.2. The van der Waals surface area contributed by atoms with Crippen molar-refractivity contribution in [1.82, 2.24) is 29.3 Å². The first-order valence-electron chi connectivity index (χ1n) is 17.0. The summed E-state index contributed by atoms with van der Waals surface area (Å²) >= 11 is 6.02. The number of fused-ring (bicyclic) bond motifs is 2. The van der Waals surface area contributed by atoms with Crippen LogP contribution in [0.25, 0.3) is 5.65 Å². The van der Waals surface area contributed by atoms with Gasteiger partial charge in [-0.1, -0.05) is 30.9 Å². The summed E-state index contributed by atoms with van der Waals surface area (Å²) in [5, 5.41) is 5.67. The van der Waals surface area contributed by atoms with Crippen LogP contribution >= 0.6 is 11.6 Å². The molecule has 0 saturated heterocycles. The number of terminal acetylenes is 1. The normalized spacial score (nSPS) is 15.0. The molecule has 0 atom stereocenters. The molecular weight excluding hydrogens is 777 g/mol. The van der Waals surface area contributed by atoms with Gasteiger partial charge in [-0.2, -0.15) is 28.0 Å². The van der Waals surface area contributed by atoms with Crippen LogP contribution in [0.5, 0.6) is 17.5 Å². The molecule has 7 rings (SSSR count). The number of ether oxygens (including phenoxy) is 3. The Balaban J connectivity index is 0.000000191. The quantitative estimate of drug-likeness (QED) is 0.183. The zero-order chi connectivity index (χ0) is 40.3. The van der Waals surface area contributed by atoms with Gasteiger partial charge < -0.3 is 14.2 Å². The van der Waals surface area contributed by atoms with Crippen molar-refractivity contribution in [2.75, 3.05) is 42.5 Å². The average Bonchev–Trinajstić information content (AvgIpc) is 3.64. The summed E-state index contributed by atoms with van der Waals surface area (Å²) < 4.78 is 58.4. The van der Waals surface area contributed by atoms with Crippen LogP contribution in [-0.4, -0.2) is 84.1 Å². The number of sulfonamides is 1. The molecule has 0 saturated carbocycles. The zero-order valence-corrected chi connectivity index (χ0v) is 31.7. The number of nitrogens with one attached hydrogen (secondary N) is 2. The van der Waals surface area contributed by atoms with Crippen molar-refractivity contribution in [3.63, 3.8) is 0 Å². The van der Waals surface area contributed by atoms with Crippen molar-refractivity contribution < 1.29 is 46.2 Å². The van der Waals surface area contributed by atoms with E-state index in [9.17, 15) is 32.0 Å². The molecule has 1 aromatic carbocycles. The number of aryl methyl sites for hydroxylation is 1. The summed E-state index contributed by atoms with van der Waals surface area (Å²) in [6, 6.07) is 5.95. The molecule has 0 fully saturated rings. The van der Waals surface area contributed by atoms with Crippen molar-refractivity contribution >= 4 is 68.3 Å². The molecule has 0 bridgehead atoms. The number of carbonyl (C=O) groups is 4. The third-order valence-corrected chi connectivity index (χ3v) is 10.3. The molecule has 21 heteroatoms. The van der Waals surface area contributed by atoms with Gasteiger partial charge in [0.2, 0.25) is 22.7 Å². The minimum Gasteiger partial charge on any atom is -0.481 e. The molecule has 1 aliphatic carbocycles. The number of carbonyl (C=O) groups excluding carboxylic acids is 4. The fourth-order valence-corrected chi connectivity index (χ4v) is 7.60. The highest BCUT2D eigenvalue weighted by Crippen LogP contribution is 2.41. The number of nitrogens with zero attached hydrogens (tertiary/aromatic N) is 7. The highest BCUT2D eigenvalue weighted by molar-refractivity contribution is 7.90. The first-order valence-corrected chi connectivity index (χ1v) is 18.8. The maximum Gasteiger partial charge on any atom is 0.335 e. The number of imidazole rings is 1. The number of aromatic nitrogens is 5. The second-order valence-corrected chi connectivity index (χ2v) is 14.2. The summed E-state index contributed by atoms with van der Waals surface area (Å²) in [5.41, 5.74) is 1.87. The lowest BCUT2D eigenvalue weighted by Crippen LogP contribution is -2.39. The number of anilines is 3. The Bertz CT molecular complexity index is 2420. The van der Waals surface area contributed by atoms with Crippen LogP contribution in [-0.2, 0) is 30.8 Å². The summed E-state index contributed by atoms with van der Waals surface area (Å²) in [7, 11) is -1.70. The van der Waals surface area contributed by atoms with E-state index in [4.69, 9.17) is 32.2 Å². The molecule has 0 unspecified atom stereocenters. The largest absolute Gasteiger partial charge is 0.481 e. The summed E-state index contributed by atoms with van der Waals surface area (Å²) in [6.45, 7) is 1.70. The van der Waals surface area contributed by atoms with E-state index < -0.39 is 38.7 Å². The predicted molar refractivity (Wildman–Crippen MR) is 198 cm³/mol. The molecule has 0 spiro atoms. The minimum atomic E-state index is -4.43. The molecular formula is C35H33ClFN9O9S. The molecule has 292 valence electrons. The monoisotopic (exact) mass is 809 g/mol. The number of hydrogen-bond acceptors (Lipinski definition) is 13. The van der Waals surface area contributed by atoms with Crippen molar-refractivity contribution in [2.24, 2.45) is 0 Å². The predicted octanol–water partition coefficient (Wildman–Crippen LogP) is 3.58. The van der Waals surface area contributed by atoms with Crippen LogP contribution in [0.2, 0.25) is 5.15 Å². The van der Waals surface area contributed by atoms with Gasteiger partial charge in [-0.3, -0.25) is 24.6 Å². The molecule has 3 aromatic heterocycles. The average molecular weight is 810 g/mol. The Labute approximate surface area is 324 Å². The second kappa shape index (κ2) is 16.2. The first-order chi connectivity index (χ1) is 26.8. The van der Waals surface area contributed by atoms with Gasteiger partial charge in [0, 0.05) is 17.2 Å². The van der Waals surface area contributed by atoms with Gasteiger partial charge in [0.15, 0.2) is 23.2 Å². The SMILES string of the molecule is C#CCN1C(=O)COc2cc(F)c(N3C(=O)C4=C(CCCC4)C3=O)cc21.CCCc1ccc2nc(Cl)c(S(=O)(=O)NC(=O)Nc3nc(OC)cc(OC)n3)n2n1. The number of rotatable bonds is 9.